The van der Waals surface area contributed by atoms with E-state index in [0.717, 1.165) is 12.8 Å². The predicted molar refractivity (Wildman–Crippen MR) is 91.0 cm³/mol. The molecule has 24 heavy (non-hydrogen) atoms. The number of halogens is 1. The number of likely N-dealkylation sites (tertiary alicyclic amines) is 1. The number of hydrogen-bond donors (Lipinski definition) is 3. The summed E-state index contributed by atoms with van der Waals surface area (Å²) in [5.74, 6) is -0.219. The number of nitrogens with zero attached hydrogens (tertiary/aromatic N) is 1. The normalized spacial score (nSPS) is 16.5. The highest BCUT2D eigenvalue weighted by Gasteiger charge is 2.23. The highest BCUT2D eigenvalue weighted by atomic mass is 19.1. The molecule has 3 amide bonds. The summed E-state index contributed by atoms with van der Waals surface area (Å²) in [6.45, 7) is 3.17. The summed E-state index contributed by atoms with van der Waals surface area (Å²) < 4.78 is 12.8. The molecule has 1 heterocycles. The number of piperidine rings is 1. The second-order valence-corrected chi connectivity index (χ2v) is 6.28. The molecule has 0 saturated carbocycles. The zero-order valence-corrected chi connectivity index (χ0v) is 13.9. The monoisotopic (exact) mass is 336 g/mol. The lowest BCUT2D eigenvalue weighted by Gasteiger charge is -2.32. The van der Waals surface area contributed by atoms with Crippen LogP contribution < -0.4 is 16.4 Å². The van der Waals surface area contributed by atoms with Crippen LogP contribution in [-0.4, -0.2) is 42.0 Å². The fourth-order valence-electron chi connectivity index (χ4n) is 2.67. The van der Waals surface area contributed by atoms with Crippen molar-refractivity contribution in [3.05, 3.63) is 30.1 Å². The van der Waals surface area contributed by atoms with E-state index in [1.54, 1.807) is 0 Å². The number of carbonyl (C=O) groups excluding carboxylic acids is 2. The molecule has 0 spiro atoms. The standard InChI is InChI=1S/C17H25FN4O2/c1-12(19)2-7-16(23)22-10-8-15(9-11-22)21-17(24)20-14-5-3-13(18)4-6-14/h3-6,12,15H,2,7-11,19H2,1H3,(H2,20,21,24). The summed E-state index contributed by atoms with van der Waals surface area (Å²) in [7, 11) is 0. The molecule has 7 heteroatoms. The third kappa shape index (κ3) is 5.81. The molecular weight excluding hydrogens is 311 g/mol. The highest BCUT2D eigenvalue weighted by molar-refractivity contribution is 5.89. The van der Waals surface area contributed by atoms with Crippen LogP contribution in [0.4, 0.5) is 14.9 Å². The molecule has 0 aromatic heterocycles. The van der Waals surface area contributed by atoms with Crippen LogP contribution in [0.5, 0.6) is 0 Å². The molecule has 0 aliphatic carbocycles. The molecule has 1 atom stereocenters. The van der Waals surface area contributed by atoms with Gasteiger partial charge >= 0.3 is 6.03 Å². The Morgan fingerprint density at radius 2 is 1.92 bits per heavy atom. The zero-order valence-electron chi connectivity index (χ0n) is 13.9. The molecule has 2 rings (SSSR count). The lowest BCUT2D eigenvalue weighted by atomic mass is 10.0. The van der Waals surface area contributed by atoms with Gasteiger partial charge in [-0.2, -0.15) is 0 Å². The van der Waals surface area contributed by atoms with Crippen molar-refractivity contribution in [2.24, 2.45) is 5.73 Å². The van der Waals surface area contributed by atoms with Crippen molar-refractivity contribution < 1.29 is 14.0 Å². The van der Waals surface area contributed by atoms with Crippen molar-refractivity contribution >= 4 is 17.6 Å². The maximum atomic E-state index is 12.8. The van der Waals surface area contributed by atoms with Crippen LogP contribution in [0.1, 0.15) is 32.6 Å². The Hall–Kier alpha value is -2.15. The van der Waals surface area contributed by atoms with Crippen LogP contribution in [0.2, 0.25) is 0 Å². The van der Waals surface area contributed by atoms with E-state index in [1.165, 1.54) is 24.3 Å². The second-order valence-electron chi connectivity index (χ2n) is 6.28. The van der Waals surface area contributed by atoms with Gasteiger partial charge in [0, 0.05) is 37.3 Å². The SMILES string of the molecule is CC(N)CCC(=O)N1CCC(NC(=O)Nc2ccc(F)cc2)CC1. The summed E-state index contributed by atoms with van der Waals surface area (Å²) in [6.07, 6.45) is 2.61. The number of anilines is 1. The molecule has 1 aromatic carbocycles. The molecule has 1 aliphatic rings. The van der Waals surface area contributed by atoms with E-state index in [4.69, 9.17) is 5.73 Å². The number of urea groups is 1. The molecule has 1 aliphatic heterocycles. The van der Waals surface area contributed by atoms with Gasteiger partial charge in [-0.05, 0) is 50.5 Å². The van der Waals surface area contributed by atoms with Gasteiger partial charge in [0.1, 0.15) is 5.82 Å². The Balaban J connectivity index is 1.71. The van der Waals surface area contributed by atoms with E-state index in [1.807, 2.05) is 11.8 Å². The van der Waals surface area contributed by atoms with Gasteiger partial charge in [-0.3, -0.25) is 4.79 Å². The van der Waals surface area contributed by atoms with Gasteiger partial charge in [-0.1, -0.05) is 0 Å². The van der Waals surface area contributed by atoms with Crippen molar-refractivity contribution in [2.75, 3.05) is 18.4 Å². The molecule has 132 valence electrons. The van der Waals surface area contributed by atoms with Crippen LogP contribution in [0.25, 0.3) is 0 Å². The Morgan fingerprint density at radius 1 is 1.29 bits per heavy atom. The third-order valence-electron chi connectivity index (χ3n) is 4.10. The maximum absolute atomic E-state index is 12.8. The molecule has 0 radical (unpaired) electrons. The van der Waals surface area contributed by atoms with Crippen molar-refractivity contribution in [1.29, 1.82) is 0 Å². The Kier molecular flexibility index (Phi) is 6.54. The Morgan fingerprint density at radius 3 is 2.50 bits per heavy atom. The van der Waals surface area contributed by atoms with E-state index in [-0.39, 0.29) is 29.8 Å². The summed E-state index contributed by atoms with van der Waals surface area (Å²) in [5, 5.41) is 5.56. The van der Waals surface area contributed by atoms with E-state index in [0.29, 0.717) is 31.6 Å². The highest BCUT2D eigenvalue weighted by Crippen LogP contribution is 2.13. The first-order valence-corrected chi connectivity index (χ1v) is 8.30. The van der Waals surface area contributed by atoms with Gasteiger partial charge in [-0.25, -0.2) is 9.18 Å². The van der Waals surface area contributed by atoms with Crippen molar-refractivity contribution in [1.82, 2.24) is 10.2 Å². The molecule has 1 saturated heterocycles. The summed E-state index contributed by atoms with van der Waals surface area (Å²) >= 11 is 0. The molecule has 0 bridgehead atoms. The van der Waals surface area contributed by atoms with Crippen molar-refractivity contribution in [2.45, 2.75) is 44.7 Å². The van der Waals surface area contributed by atoms with Gasteiger partial charge < -0.3 is 21.3 Å². The summed E-state index contributed by atoms with van der Waals surface area (Å²) in [5.41, 5.74) is 6.21. The fraction of sp³-hybridized carbons (Fsp3) is 0.529. The number of benzene rings is 1. The van der Waals surface area contributed by atoms with Gasteiger partial charge in [-0.15, -0.1) is 0 Å². The molecule has 1 aromatic rings. The van der Waals surface area contributed by atoms with E-state index in [2.05, 4.69) is 10.6 Å². The zero-order chi connectivity index (χ0) is 17.5. The minimum atomic E-state index is -0.345. The first kappa shape index (κ1) is 18.2. The van der Waals surface area contributed by atoms with Crippen LogP contribution in [0, 0.1) is 5.82 Å². The predicted octanol–water partition coefficient (Wildman–Crippen LogP) is 2.07. The van der Waals surface area contributed by atoms with Gasteiger partial charge in [0.15, 0.2) is 0 Å². The number of carbonyl (C=O) groups is 2. The van der Waals surface area contributed by atoms with Crippen LogP contribution >= 0.6 is 0 Å². The van der Waals surface area contributed by atoms with E-state index >= 15 is 0 Å². The van der Waals surface area contributed by atoms with Crippen LogP contribution in [0.3, 0.4) is 0 Å². The molecule has 1 unspecified atom stereocenters. The number of nitrogens with one attached hydrogen (secondary N) is 2. The van der Waals surface area contributed by atoms with E-state index in [9.17, 15) is 14.0 Å². The fourth-order valence-corrected chi connectivity index (χ4v) is 2.67. The van der Waals surface area contributed by atoms with Crippen LogP contribution in [-0.2, 0) is 4.79 Å². The van der Waals surface area contributed by atoms with Gasteiger partial charge in [0.25, 0.3) is 0 Å². The Bertz CT molecular complexity index is 554. The van der Waals surface area contributed by atoms with Gasteiger partial charge in [0.2, 0.25) is 5.91 Å². The largest absolute Gasteiger partial charge is 0.343 e. The topological polar surface area (TPSA) is 87.5 Å². The maximum Gasteiger partial charge on any atom is 0.319 e. The second kappa shape index (κ2) is 8.63. The van der Waals surface area contributed by atoms with Crippen molar-refractivity contribution in [3.63, 3.8) is 0 Å². The average Bonchev–Trinajstić information content (AvgIpc) is 2.55. The lowest BCUT2D eigenvalue weighted by Crippen LogP contribution is -2.47. The quantitative estimate of drug-likeness (QED) is 0.769. The molecule has 6 nitrogen and oxygen atoms in total. The smallest absolute Gasteiger partial charge is 0.319 e. The number of hydrogen-bond acceptors (Lipinski definition) is 3. The number of nitrogens with two attached hydrogens (primary N) is 1. The lowest BCUT2D eigenvalue weighted by molar-refractivity contribution is -0.132. The number of rotatable bonds is 5. The summed E-state index contributed by atoms with van der Waals surface area (Å²) in [6, 6.07) is 5.35. The minimum absolute atomic E-state index is 0.0305. The first-order chi connectivity index (χ1) is 11.4. The van der Waals surface area contributed by atoms with Gasteiger partial charge in [0.05, 0.1) is 0 Å². The molecule has 1 fully saturated rings. The molecule has 4 N–H and O–H groups in total. The van der Waals surface area contributed by atoms with Crippen LogP contribution in [0.15, 0.2) is 24.3 Å². The Labute approximate surface area is 141 Å². The third-order valence-corrected chi connectivity index (χ3v) is 4.10. The molecular formula is C17H25FN4O2. The average molecular weight is 336 g/mol. The minimum Gasteiger partial charge on any atom is -0.343 e. The first-order valence-electron chi connectivity index (χ1n) is 8.30. The van der Waals surface area contributed by atoms with E-state index < -0.39 is 0 Å². The number of amides is 3. The summed E-state index contributed by atoms with van der Waals surface area (Å²) in [4.78, 5) is 25.8. The van der Waals surface area contributed by atoms with Crippen molar-refractivity contribution in [3.8, 4) is 0 Å².